The number of piperidine rings is 1. The molecule has 0 radical (unpaired) electrons. The first kappa shape index (κ1) is 14.9. The van der Waals surface area contributed by atoms with E-state index in [1.54, 1.807) is 0 Å². The van der Waals surface area contributed by atoms with Crippen molar-refractivity contribution in [3.8, 4) is 0 Å². The molecule has 1 saturated heterocycles. The minimum Gasteiger partial charge on any atom is -0.396 e. The zero-order valence-electron chi connectivity index (χ0n) is 11.5. The number of rotatable bonds is 9. The Morgan fingerprint density at radius 3 is 2.41 bits per heavy atom. The fraction of sp³-hybridized carbons (Fsp3) is 1.00. The summed E-state index contributed by atoms with van der Waals surface area (Å²) >= 11 is 0. The van der Waals surface area contributed by atoms with Gasteiger partial charge in [0, 0.05) is 12.6 Å². The summed E-state index contributed by atoms with van der Waals surface area (Å²) < 4.78 is 0. The Morgan fingerprint density at radius 1 is 1.06 bits per heavy atom. The summed E-state index contributed by atoms with van der Waals surface area (Å²) in [6, 6.07) is 0.814. The summed E-state index contributed by atoms with van der Waals surface area (Å²) in [4.78, 5) is 2.69. The van der Waals surface area contributed by atoms with Crippen molar-refractivity contribution in [2.45, 2.75) is 57.9 Å². The minimum absolute atomic E-state index is 0.354. The zero-order valence-corrected chi connectivity index (χ0v) is 11.5. The molecule has 0 aromatic rings. The van der Waals surface area contributed by atoms with Crippen molar-refractivity contribution in [3.63, 3.8) is 0 Å². The Morgan fingerprint density at radius 2 is 1.76 bits per heavy atom. The fourth-order valence-corrected chi connectivity index (χ4v) is 2.72. The van der Waals surface area contributed by atoms with Crippen molar-refractivity contribution in [1.29, 1.82) is 0 Å². The lowest BCUT2D eigenvalue weighted by Crippen LogP contribution is -2.43. The van der Waals surface area contributed by atoms with E-state index >= 15 is 0 Å². The van der Waals surface area contributed by atoms with Crippen LogP contribution in [0.25, 0.3) is 0 Å². The van der Waals surface area contributed by atoms with Gasteiger partial charge >= 0.3 is 0 Å². The molecule has 17 heavy (non-hydrogen) atoms. The minimum atomic E-state index is 0.354. The van der Waals surface area contributed by atoms with E-state index in [0.717, 1.165) is 12.5 Å². The van der Waals surface area contributed by atoms with Crippen LogP contribution in [0.5, 0.6) is 0 Å². The first-order valence-electron chi connectivity index (χ1n) is 7.44. The number of hydrogen-bond acceptors (Lipinski definition) is 3. The van der Waals surface area contributed by atoms with Crippen LogP contribution in [0.15, 0.2) is 0 Å². The average Bonchev–Trinajstić information content (AvgIpc) is 2.38. The number of nitrogens with zero attached hydrogens (tertiary/aromatic N) is 1. The van der Waals surface area contributed by atoms with Crippen molar-refractivity contribution in [1.82, 2.24) is 10.2 Å². The highest BCUT2D eigenvalue weighted by Gasteiger charge is 2.19. The van der Waals surface area contributed by atoms with Crippen molar-refractivity contribution in [2.24, 2.45) is 0 Å². The zero-order chi connectivity index (χ0) is 12.3. The third kappa shape index (κ3) is 6.39. The second kappa shape index (κ2) is 9.86. The number of aliphatic hydroxyl groups is 1. The Kier molecular flexibility index (Phi) is 8.67. The Balaban J connectivity index is 2.17. The lowest BCUT2D eigenvalue weighted by atomic mass is 10.0. The normalized spacial score (nSPS) is 17.8. The van der Waals surface area contributed by atoms with Crippen LogP contribution in [0.3, 0.4) is 0 Å². The van der Waals surface area contributed by atoms with Crippen molar-refractivity contribution in [2.75, 3.05) is 32.8 Å². The van der Waals surface area contributed by atoms with Crippen molar-refractivity contribution < 1.29 is 5.11 Å². The Labute approximate surface area is 107 Å². The van der Waals surface area contributed by atoms with E-state index in [2.05, 4.69) is 17.1 Å². The van der Waals surface area contributed by atoms with E-state index in [-0.39, 0.29) is 0 Å². The maximum atomic E-state index is 8.75. The van der Waals surface area contributed by atoms with Crippen LogP contribution in [0, 0.1) is 0 Å². The maximum Gasteiger partial charge on any atom is 0.0431 e. The van der Waals surface area contributed by atoms with Crippen LogP contribution >= 0.6 is 0 Å². The molecule has 0 atom stereocenters. The second-order valence-corrected chi connectivity index (χ2v) is 5.15. The molecule has 1 heterocycles. The molecule has 0 aromatic heterocycles. The highest BCUT2D eigenvalue weighted by molar-refractivity contribution is 4.77. The van der Waals surface area contributed by atoms with E-state index in [1.165, 1.54) is 64.7 Å². The predicted molar refractivity (Wildman–Crippen MR) is 73.3 cm³/mol. The molecular formula is C14H30N2O. The number of unbranched alkanes of at least 4 members (excludes halogenated alkanes) is 3. The van der Waals surface area contributed by atoms with Gasteiger partial charge < -0.3 is 15.3 Å². The van der Waals surface area contributed by atoms with Gasteiger partial charge in [-0.25, -0.2) is 0 Å². The third-order valence-corrected chi connectivity index (χ3v) is 3.69. The highest BCUT2D eigenvalue weighted by Crippen LogP contribution is 2.14. The molecule has 1 rings (SSSR count). The van der Waals surface area contributed by atoms with Gasteiger partial charge in [-0.3, -0.25) is 0 Å². The molecule has 0 unspecified atom stereocenters. The van der Waals surface area contributed by atoms with Crippen LogP contribution in [-0.4, -0.2) is 48.8 Å². The van der Waals surface area contributed by atoms with E-state index < -0.39 is 0 Å². The lowest BCUT2D eigenvalue weighted by molar-refractivity contribution is 0.158. The van der Waals surface area contributed by atoms with Gasteiger partial charge in [0.15, 0.2) is 0 Å². The summed E-state index contributed by atoms with van der Waals surface area (Å²) in [6.45, 7) is 7.52. The smallest absolute Gasteiger partial charge is 0.0431 e. The molecule has 2 N–H and O–H groups in total. The van der Waals surface area contributed by atoms with Crippen LogP contribution in [0.1, 0.15) is 51.9 Å². The standard InChI is InChI=1S/C14H30N2O/c1-2-11-16(12-5-3-4-6-13-17)14-7-9-15-10-8-14/h14-15,17H,2-13H2,1H3. The Bertz CT molecular complexity index is 170. The first-order valence-corrected chi connectivity index (χ1v) is 7.44. The molecule has 3 nitrogen and oxygen atoms in total. The van der Waals surface area contributed by atoms with Gasteiger partial charge in [0.2, 0.25) is 0 Å². The topological polar surface area (TPSA) is 35.5 Å². The van der Waals surface area contributed by atoms with Gasteiger partial charge in [-0.2, -0.15) is 0 Å². The SMILES string of the molecule is CCCN(CCCCCCO)C1CCNCC1. The van der Waals surface area contributed by atoms with Gasteiger partial charge in [-0.15, -0.1) is 0 Å². The molecule has 0 saturated carbocycles. The second-order valence-electron chi connectivity index (χ2n) is 5.15. The average molecular weight is 242 g/mol. The largest absolute Gasteiger partial charge is 0.396 e. The Hall–Kier alpha value is -0.120. The highest BCUT2D eigenvalue weighted by atomic mass is 16.2. The van der Waals surface area contributed by atoms with Gasteiger partial charge in [0.25, 0.3) is 0 Å². The molecule has 1 aliphatic rings. The molecule has 0 aromatic carbocycles. The maximum absolute atomic E-state index is 8.75. The molecular weight excluding hydrogens is 212 g/mol. The molecule has 1 fully saturated rings. The molecule has 1 aliphatic heterocycles. The van der Waals surface area contributed by atoms with Crippen LogP contribution < -0.4 is 5.32 Å². The molecule has 0 amide bonds. The quantitative estimate of drug-likeness (QED) is 0.607. The number of nitrogens with one attached hydrogen (secondary N) is 1. The summed E-state index contributed by atoms with van der Waals surface area (Å²) in [5.41, 5.74) is 0. The summed E-state index contributed by atoms with van der Waals surface area (Å²) in [7, 11) is 0. The third-order valence-electron chi connectivity index (χ3n) is 3.69. The first-order chi connectivity index (χ1) is 8.38. The summed E-state index contributed by atoms with van der Waals surface area (Å²) in [6.07, 6.45) is 8.62. The van der Waals surface area contributed by atoms with Gasteiger partial charge in [0.1, 0.15) is 0 Å². The number of hydrogen-bond donors (Lipinski definition) is 2. The monoisotopic (exact) mass is 242 g/mol. The van der Waals surface area contributed by atoms with Crippen LogP contribution in [-0.2, 0) is 0 Å². The van der Waals surface area contributed by atoms with E-state index in [4.69, 9.17) is 5.11 Å². The van der Waals surface area contributed by atoms with E-state index in [0.29, 0.717) is 6.61 Å². The fourth-order valence-electron chi connectivity index (χ4n) is 2.72. The lowest BCUT2D eigenvalue weighted by Gasteiger charge is -2.34. The molecule has 3 heteroatoms. The van der Waals surface area contributed by atoms with Crippen LogP contribution in [0.4, 0.5) is 0 Å². The van der Waals surface area contributed by atoms with Crippen molar-refractivity contribution in [3.05, 3.63) is 0 Å². The van der Waals surface area contributed by atoms with Crippen LogP contribution in [0.2, 0.25) is 0 Å². The predicted octanol–water partition coefficient (Wildman–Crippen LogP) is 2.00. The van der Waals surface area contributed by atoms with Crippen molar-refractivity contribution >= 4 is 0 Å². The van der Waals surface area contributed by atoms with Gasteiger partial charge in [-0.05, 0) is 58.3 Å². The van der Waals surface area contributed by atoms with E-state index in [9.17, 15) is 0 Å². The number of aliphatic hydroxyl groups excluding tert-OH is 1. The summed E-state index contributed by atoms with van der Waals surface area (Å²) in [5.74, 6) is 0. The van der Waals surface area contributed by atoms with Gasteiger partial charge in [0.05, 0.1) is 0 Å². The molecule has 0 aliphatic carbocycles. The van der Waals surface area contributed by atoms with E-state index in [1.807, 2.05) is 0 Å². The molecule has 0 spiro atoms. The van der Waals surface area contributed by atoms with Gasteiger partial charge in [-0.1, -0.05) is 19.8 Å². The molecule has 0 bridgehead atoms. The molecule has 102 valence electrons. The summed E-state index contributed by atoms with van der Waals surface area (Å²) in [5, 5.41) is 12.2.